The van der Waals surface area contributed by atoms with Gasteiger partial charge >= 0.3 is 0 Å². The molecule has 1 aromatic rings. The second-order valence-electron chi connectivity index (χ2n) is 5.25. The first-order valence-corrected chi connectivity index (χ1v) is 8.12. The molecule has 1 saturated heterocycles. The molecule has 2 rings (SSSR count). The highest BCUT2D eigenvalue weighted by molar-refractivity contribution is 7.80. The van der Waals surface area contributed by atoms with E-state index in [0.29, 0.717) is 5.11 Å². The van der Waals surface area contributed by atoms with Crippen LogP contribution in [0.25, 0.3) is 0 Å². The minimum atomic E-state index is 0.528. The third-order valence-electron chi connectivity index (χ3n) is 3.63. The highest BCUT2D eigenvalue weighted by Crippen LogP contribution is 2.12. The van der Waals surface area contributed by atoms with Gasteiger partial charge in [0.1, 0.15) is 5.75 Å². The van der Waals surface area contributed by atoms with Crippen molar-refractivity contribution in [3.8, 4) is 5.75 Å². The van der Waals surface area contributed by atoms with Crippen LogP contribution in [0.5, 0.6) is 5.75 Å². The Labute approximate surface area is 142 Å². The van der Waals surface area contributed by atoms with Gasteiger partial charge in [0.15, 0.2) is 5.11 Å². The van der Waals surface area contributed by atoms with Crippen LogP contribution in [0.1, 0.15) is 12.5 Å². The molecular formula is C16H24N4O2S. The van der Waals surface area contributed by atoms with E-state index in [4.69, 9.17) is 21.7 Å². The topological polar surface area (TPSA) is 58.1 Å². The molecule has 126 valence electrons. The molecule has 0 spiro atoms. The van der Waals surface area contributed by atoms with E-state index in [-0.39, 0.29) is 0 Å². The lowest BCUT2D eigenvalue weighted by atomic mass is 10.1. The third-order valence-corrected chi connectivity index (χ3v) is 3.87. The molecule has 0 aliphatic carbocycles. The van der Waals surface area contributed by atoms with Gasteiger partial charge in [0.05, 0.1) is 26.0 Å². The Balaban J connectivity index is 1.73. The van der Waals surface area contributed by atoms with Crippen molar-refractivity contribution >= 4 is 23.0 Å². The van der Waals surface area contributed by atoms with Crippen LogP contribution < -0.4 is 15.5 Å². The van der Waals surface area contributed by atoms with Crippen LogP contribution >= 0.6 is 12.2 Å². The molecule has 0 atom stereocenters. The number of hydrogen-bond donors (Lipinski definition) is 2. The molecule has 0 aromatic heterocycles. The first-order valence-electron chi connectivity index (χ1n) is 7.71. The van der Waals surface area contributed by atoms with Crippen molar-refractivity contribution in [2.75, 3.05) is 46.5 Å². The molecule has 0 saturated carbocycles. The van der Waals surface area contributed by atoms with Crippen molar-refractivity contribution in [3.05, 3.63) is 29.8 Å². The van der Waals surface area contributed by atoms with Crippen LogP contribution in [0, 0.1) is 0 Å². The fourth-order valence-corrected chi connectivity index (χ4v) is 2.39. The molecule has 23 heavy (non-hydrogen) atoms. The van der Waals surface area contributed by atoms with E-state index in [0.717, 1.165) is 56.4 Å². The standard InChI is InChI=1S/C16H24N4O2S/c1-13(14-4-3-5-15(12-14)21-2)18-19-16(23)17-6-7-20-8-10-22-11-9-20/h3-5,12H,6-11H2,1-2H3,(H2,17,19,23)/b18-13-. The number of benzene rings is 1. The molecule has 2 N–H and O–H groups in total. The monoisotopic (exact) mass is 336 g/mol. The Morgan fingerprint density at radius 1 is 1.39 bits per heavy atom. The van der Waals surface area contributed by atoms with Gasteiger partial charge in [-0.2, -0.15) is 5.10 Å². The van der Waals surface area contributed by atoms with Crippen LogP contribution in [-0.2, 0) is 4.74 Å². The van der Waals surface area contributed by atoms with Crippen molar-refractivity contribution in [1.29, 1.82) is 0 Å². The summed E-state index contributed by atoms with van der Waals surface area (Å²) in [6, 6.07) is 7.77. The lowest BCUT2D eigenvalue weighted by Gasteiger charge is -2.26. The summed E-state index contributed by atoms with van der Waals surface area (Å²) in [4.78, 5) is 2.35. The van der Waals surface area contributed by atoms with E-state index >= 15 is 0 Å². The Bertz CT molecular complexity index is 545. The van der Waals surface area contributed by atoms with Gasteiger partial charge in [0, 0.05) is 31.7 Å². The highest BCUT2D eigenvalue weighted by Gasteiger charge is 2.09. The van der Waals surface area contributed by atoms with Crippen LogP contribution in [-0.4, -0.2) is 62.2 Å². The molecule has 1 aliphatic rings. The molecule has 1 fully saturated rings. The largest absolute Gasteiger partial charge is 0.497 e. The first kappa shape index (κ1) is 17.7. The minimum absolute atomic E-state index is 0.528. The normalized spacial score (nSPS) is 16.0. The zero-order chi connectivity index (χ0) is 16.5. The number of morpholine rings is 1. The van der Waals surface area contributed by atoms with Gasteiger partial charge in [0.2, 0.25) is 0 Å². The molecule has 1 aliphatic heterocycles. The third kappa shape index (κ3) is 6.13. The summed E-state index contributed by atoms with van der Waals surface area (Å²) in [6.45, 7) is 7.25. The van der Waals surface area contributed by atoms with Crippen LogP contribution in [0.4, 0.5) is 0 Å². The van der Waals surface area contributed by atoms with Crippen molar-refractivity contribution in [2.45, 2.75) is 6.92 Å². The van der Waals surface area contributed by atoms with Gasteiger partial charge in [-0.1, -0.05) is 12.1 Å². The van der Waals surface area contributed by atoms with E-state index in [1.54, 1.807) is 7.11 Å². The van der Waals surface area contributed by atoms with E-state index < -0.39 is 0 Å². The maximum atomic E-state index is 5.32. The summed E-state index contributed by atoms with van der Waals surface area (Å²) in [5.74, 6) is 0.809. The molecule has 7 heteroatoms. The number of ether oxygens (including phenoxy) is 2. The molecule has 1 heterocycles. The fraction of sp³-hybridized carbons (Fsp3) is 0.500. The number of thiocarbonyl (C=S) groups is 1. The van der Waals surface area contributed by atoms with E-state index in [1.807, 2.05) is 31.2 Å². The maximum absolute atomic E-state index is 5.32. The number of rotatable bonds is 6. The van der Waals surface area contributed by atoms with Crippen molar-refractivity contribution in [2.24, 2.45) is 5.10 Å². The van der Waals surface area contributed by atoms with Gasteiger partial charge in [-0.05, 0) is 31.3 Å². The van der Waals surface area contributed by atoms with E-state index in [2.05, 4.69) is 20.7 Å². The van der Waals surface area contributed by atoms with Crippen molar-refractivity contribution in [1.82, 2.24) is 15.6 Å². The molecule has 1 aromatic carbocycles. The quantitative estimate of drug-likeness (QED) is 0.463. The van der Waals surface area contributed by atoms with Gasteiger partial charge < -0.3 is 14.8 Å². The smallest absolute Gasteiger partial charge is 0.187 e. The molecule has 0 unspecified atom stereocenters. The summed E-state index contributed by atoms with van der Waals surface area (Å²) >= 11 is 5.24. The lowest BCUT2D eigenvalue weighted by Crippen LogP contribution is -2.42. The minimum Gasteiger partial charge on any atom is -0.497 e. The zero-order valence-corrected chi connectivity index (χ0v) is 14.5. The zero-order valence-electron chi connectivity index (χ0n) is 13.7. The van der Waals surface area contributed by atoms with Crippen molar-refractivity contribution < 1.29 is 9.47 Å². The lowest BCUT2D eigenvalue weighted by molar-refractivity contribution is 0.0389. The number of hydrazone groups is 1. The number of nitrogens with one attached hydrogen (secondary N) is 2. The van der Waals surface area contributed by atoms with E-state index in [9.17, 15) is 0 Å². The van der Waals surface area contributed by atoms with E-state index in [1.165, 1.54) is 0 Å². The van der Waals surface area contributed by atoms with Gasteiger partial charge in [0.25, 0.3) is 0 Å². The number of methoxy groups -OCH3 is 1. The molecule has 0 radical (unpaired) electrons. The molecule has 0 amide bonds. The SMILES string of the molecule is COc1cccc(/C(C)=N\NC(=S)NCCN2CCOCC2)c1. The molecular weight excluding hydrogens is 312 g/mol. The van der Waals surface area contributed by atoms with Crippen LogP contribution in [0.15, 0.2) is 29.4 Å². The van der Waals surface area contributed by atoms with Crippen molar-refractivity contribution in [3.63, 3.8) is 0 Å². The average molecular weight is 336 g/mol. The fourth-order valence-electron chi connectivity index (χ4n) is 2.24. The second-order valence-corrected chi connectivity index (χ2v) is 5.66. The Kier molecular flexibility index (Phi) is 7.25. The summed E-state index contributed by atoms with van der Waals surface area (Å²) < 4.78 is 10.5. The predicted octanol–water partition coefficient (Wildman–Crippen LogP) is 1.22. The molecule has 6 nitrogen and oxygen atoms in total. The number of nitrogens with zero attached hydrogens (tertiary/aromatic N) is 2. The Hall–Kier alpha value is -1.70. The van der Waals surface area contributed by atoms with Gasteiger partial charge in [-0.3, -0.25) is 10.3 Å². The summed E-state index contributed by atoms with van der Waals surface area (Å²) in [5, 5.41) is 8.00. The summed E-state index contributed by atoms with van der Waals surface area (Å²) in [7, 11) is 1.65. The summed E-state index contributed by atoms with van der Waals surface area (Å²) in [5.41, 5.74) is 4.72. The Morgan fingerprint density at radius 2 is 2.17 bits per heavy atom. The Morgan fingerprint density at radius 3 is 2.91 bits per heavy atom. The number of hydrogen-bond acceptors (Lipinski definition) is 5. The second kappa shape index (κ2) is 9.44. The van der Waals surface area contributed by atoms with Crippen LogP contribution in [0.2, 0.25) is 0 Å². The van der Waals surface area contributed by atoms with Gasteiger partial charge in [-0.15, -0.1) is 0 Å². The maximum Gasteiger partial charge on any atom is 0.187 e. The first-order chi connectivity index (χ1) is 11.2. The molecule has 0 bridgehead atoms. The van der Waals surface area contributed by atoms with Gasteiger partial charge in [-0.25, -0.2) is 0 Å². The average Bonchev–Trinajstić information content (AvgIpc) is 2.60. The highest BCUT2D eigenvalue weighted by atomic mass is 32.1. The summed E-state index contributed by atoms with van der Waals surface area (Å²) in [6.07, 6.45) is 0. The van der Waals surface area contributed by atoms with Crippen LogP contribution in [0.3, 0.4) is 0 Å². The predicted molar refractivity (Wildman–Crippen MR) is 96.2 cm³/mol.